The summed E-state index contributed by atoms with van der Waals surface area (Å²) in [5.41, 5.74) is 0. The third-order valence-electron chi connectivity index (χ3n) is 2.96. The number of thioether (sulfide) groups is 1. The molecular weight excluding hydrogens is 314 g/mol. The Balaban J connectivity index is 2.45. The Bertz CT molecular complexity index is 489. The molecule has 1 saturated heterocycles. The van der Waals surface area contributed by atoms with E-state index in [1.807, 2.05) is 0 Å². The van der Waals surface area contributed by atoms with Crippen LogP contribution in [0.3, 0.4) is 0 Å². The molecule has 21 heavy (non-hydrogen) atoms. The molecule has 1 aliphatic heterocycles. The lowest BCUT2D eigenvalue weighted by molar-refractivity contribution is -0.147. The molecule has 1 amide bonds. The lowest BCUT2D eigenvalue weighted by atomic mass is 10.4. The third-order valence-corrected chi connectivity index (χ3v) is 6.23. The van der Waals surface area contributed by atoms with E-state index in [-0.39, 0.29) is 48.1 Å². The molecule has 1 unspecified atom stereocenters. The van der Waals surface area contributed by atoms with Crippen LogP contribution in [-0.4, -0.2) is 67.4 Å². The smallest absolute Gasteiger partial charge is 0.325 e. The van der Waals surface area contributed by atoms with Gasteiger partial charge in [-0.05, 0) is 13.3 Å². The highest BCUT2D eigenvalue weighted by atomic mass is 32.2. The minimum absolute atomic E-state index is 0.0351. The molecule has 0 aromatic heterocycles. The highest BCUT2D eigenvalue weighted by molar-refractivity contribution is 8.02. The monoisotopic (exact) mass is 335 g/mol. The zero-order valence-corrected chi connectivity index (χ0v) is 13.7. The van der Waals surface area contributed by atoms with Gasteiger partial charge in [-0.3, -0.25) is 9.59 Å². The number of nitrogens with zero attached hydrogens (tertiary/aromatic N) is 1. The van der Waals surface area contributed by atoms with Crippen LogP contribution in [0, 0.1) is 0 Å². The molecule has 1 atom stereocenters. The SMILES string of the molecule is C=CCN(CC(=O)OCC)C(=O)CSC1CCS(=O)(=O)C1. The number of esters is 1. The Morgan fingerprint density at radius 3 is 2.71 bits per heavy atom. The van der Waals surface area contributed by atoms with Gasteiger partial charge >= 0.3 is 5.97 Å². The molecule has 0 spiro atoms. The van der Waals surface area contributed by atoms with E-state index in [1.54, 1.807) is 13.0 Å². The van der Waals surface area contributed by atoms with Crippen LogP contribution in [0.1, 0.15) is 13.3 Å². The maximum absolute atomic E-state index is 12.1. The Hall–Kier alpha value is -1.02. The fraction of sp³-hybridized carbons (Fsp3) is 0.692. The minimum Gasteiger partial charge on any atom is -0.465 e. The van der Waals surface area contributed by atoms with Crippen molar-refractivity contribution >= 4 is 33.5 Å². The van der Waals surface area contributed by atoms with E-state index in [2.05, 4.69) is 6.58 Å². The molecule has 0 aromatic rings. The Kier molecular flexibility index (Phi) is 7.24. The van der Waals surface area contributed by atoms with Gasteiger partial charge in [0.15, 0.2) is 9.84 Å². The summed E-state index contributed by atoms with van der Waals surface area (Å²) < 4.78 is 27.5. The molecule has 120 valence electrons. The molecule has 1 aliphatic rings. The van der Waals surface area contributed by atoms with Gasteiger partial charge in [-0.2, -0.15) is 0 Å². The van der Waals surface area contributed by atoms with Gasteiger partial charge in [-0.1, -0.05) is 6.08 Å². The molecule has 0 aromatic carbocycles. The zero-order chi connectivity index (χ0) is 15.9. The van der Waals surface area contributed by atoms with Crippen molar-refractivity contribution in [3.63, 3.8) is 0 Å². The molecule has 0 N–H and O–H groups in total. The summed E-state index contributed by atoms with van der Waals surface area (Å²) in [5.74, 6) is -0.186. The number of sulfone groups is 1. The topological polar surface area (TPSA) is 80.8 Å². The van der Waals surface area contributed by atoms with Gasteiger partial charge in [0.05, 0.1) is 23.9 Å². The van der Waals surface area contributed by atoms with E-state index >= 15 is 0 Å². The van der Waals surface area contributed by atoms with Crippen LogP contribution in [0.15, 0.2) is 12.7 Å². The van der Waals surface area contributed by atoms with Crippen molar-refractivity contribution < 1.29 is 22.7 Å². The molecule has 6 nitrogen and oxygen atoms in total. The van der Waals surface area contributed by atoms with E-state index in [4.69, 9.17) is 4.74 Å². The molecule has 8 heteroatoms. The molecule has 1 rings (SSSR count). The second-order valence-electron chi connectivity index (χ2n) is 4.70. The van der Waals surface area contributed by atoms with E-state index in [9.17, 15) is 18.0 Å². The average Bonchev–Trinajstić information content (AvgIpc) is 2.75. The van der Waals surface area contributed by atoms with Crippen molar-refractivity contribution in [3.8, 4) is 0 Å². The van der Waals surface area contributed by atoms with Gasteiger partial charge in [0.1, 0.15) is 6.54 Å². The second-order valence-corrected chi connectivity index (χ2v) is 8.22. The van der Waals surface area contributed by atoms with Crippen LogP contribution in [0.2, 0.25) is 0 Å². The van der Waals surface area contributed by atoms with E-state index in [0.717, 1.165) is 0 Å². The zero-order valence-electron chi connectivity index (χ0n) is 12.1. The van der Waals surface area contributed by atoms with Gasteiger partial charge in [0.2, 0.25) is 5.91 Å². The van der Waals surface area contributed by atoms with Crippen LogP contribution in [0.5, 0.6) is 0 Å². The van der Waals surface area contributed by atoms with Gasteiger partial charge in [-0.15, -0.1) is 18.3 Å². The maximum Gasteiger partial charge on any atom is 0.325 e. The fourth-order valence-electron chi connectivity index (χ4n) is 1.95. The molecule has 0 saturated carbocycles. The number of amides is 1. The predicted molar refractivity (Wildman–Crippen MR) is 82.9 cm³/mol. The van der Waals surface area contributed by atoms with Gasteiger partial charge in [-0.25, -0.2) is 8.42 Å². The Morgan fingerprint density at radius 2 is 2.19 bits per heavy atom. The van der Waals surface area contributed by atoms with E-state index < -0.39 is 15.8 Å². The number of carbonyl (C=O) groups is 2. The molecule has 0 bridgehead atoms. The van der Waals surface area contributed by atoms with Gasteiger partial charge in [0.25, 0.3) is 0 Å². The normalized spacial score (nSPS) is 20.0. The highest BCUT2D eigenvalue weighted by Gasteiger charge is 2.29. The number of hydrogen-bond acceptors (Lipinski definition) is 6. The second kappa shape index (κ2) is 8.43. The fourth-order valence-corrected chi connectivity index (χ4v) is 5.49. The van der Waals surface area contributed by atoms with Crippen molar-refractivity contribution in [2.45, 2.75) is 18.6 Å². The summed E-state index contributed by atoms with van der Waals surface area (Å²) in [4.78, 5) is 24.9. The van der Waals surface area contributed by atoms with Crippen LogP contribution in [-0.2, 0) is 24.2 Å². The first-order chi connectivity index (χ1) is 9.88. The summed E-state index contributed by atoms with van der Waals surface area (Å²) in [6.07, 6.45) is 2.13. The molecule has 1 heterocycles. The number of rotatable bonds is 8. The lowest BCUT2D eigenvalue weighted by Crippen LogP contribution is -2.38. The molecule has 0 radical (unpaired) electrons. The molecule has 1 fully saturated rings. The van der Waals surface area contributed by atoms with Crippen molar-refractivity contribution in [3.05, 3.63) is 12.7 Å². The molecular formula is C13H21NO5S2. The van der Waals surface area contributed by atoms with Crippen LogP contribution in [0.4, 0.5) is 0 Å². The lowest BCUT2D eigenvalue weighted by Gasteiger charge is -2.20. The van der Waals surface area contributed by atoms with Crippen molar-refractivity contribution in [2.75, 3.05) is 37.0 Å². The van der Waals surface area contributed by atoms with Crippen LogP contribution < -0.4 is 0 Å². The minimum atomic E-state index is -2.94. The van der Waals surface area contributed by atoms with Crippen LogP contribution >= 0.6 is 11.8 Å². The van der Waals surface area contributed by atoms with Gasteiger partial charge < -0.3 is 9.64 Å². The first kappa shape index (κ1) is 18.0. The quantitative estimate of drug-likeness (QED) is 0.474. The summed E-state index contributed by atoms with van der Waals surface area (Å²) in [6.45, 7) is 5.69. The average molecular weight is 335 g/mol. The maximum atomic E-state index is 12.1. The third kappa shape index (κ3) is 6.52. The highest BCUT2D eigenvalue weighted by Crippen LogP contribution is 2.24. The van der Waals surface area contributed by atoms with E-state index in [0.29, 0.717) is 6.42 Å². The van der Waals surface area contributed by atoms with Crippen molar-refractivity contribution in [2.24, 2.45) is 0 Å². The predicted octanol–water partition coefficient (Wildman–Crippen LogP) is 0.484. The number of hydrogen-bond donors (Lipinski definition) is 0. The number of carbonyl (C=O) groups excluding carboxylic acids is 2. The first-order valence-corrected chi connectivity index (χ1v) is 9.61. The summed E-state index contributed by atoms with van der Waals surface area (Å²) in [5, 5.41) is -0.0351. The van der Waals surface area contributed by atoms with E-state index in [1.165, 1.54) is 16.7 Å². The Labute approximate surface area is 129 Å². The standard InChI is InChI=1S/C13H21NO5S2/c1-3-6-14(8-13(16)19-4-2)12(15)9-20-11-5-7-21(17,18)10-11/h3,11H,1,4-10H2,2H3. The number of ether oxygens (including phenoxy) is 1. The summed E-state index contributed by atoms with van der Waals surface area (Å²) in [7, 11) is -2.94. The van der Waals surface area contributed by atoms with Crippen LogP contribution in [0.25, 0.3) is 0 Å². The Morgan fingerprint density at radius 1 is 1.48 bits per heavy atom. The largest absolute Gasteiger partial charge is 0.465 e. The van der Waals surface area contributed by atoms with Crippen molar-refractivity contribution in [1.29, 1.82) is 0 Å². The first-order valence-electron chi connectivity index (χ1n) is 6.74. The molecule has 0 aliphatic carbocycles. The summed E-state index contributed by atoms with van der Waals surface area (Å²) >= 11 is 1.33. The van der Waals surface area contributed by atoms with Crippen molar-refractivity contribution in [1.82, 2.24) is 4.90 Å². The van der Waals surface area contributed by atoms with Gasteiger partial charge in [0, 0.05) is 11.8 Å². The summed E-state index contributed by atoms with van der Waals surface area (Å²) in [6, 6.07) is 0.